The van der Waals surface area contributed by atoms with E-state index in [4.69, 9.17) is 0 Å². The lowest BCUT2D eigenvalue weighted by molar-refractivity contribution is 0.103. The van der Waals surface area contributed by atoms with Gasteiger partial charge in [0.1, 0.15) is 5.52 Å². The highest BCUT2D eigenvalue weighted by Crippen LogP contribution is 2.27. The van der Waals surface area contributed by atoms with Crippen molar-refractivity contribution in [3.63, 3.8) is 0 Å². The van der Waals surface area contributed by atoms with Gasteiger partial charge < -0.3 is 20.3 Å². The Bertz CT molecular complexity index is 598. The van der Waals surface area contributed by atoms with Gasteiger partial charge >= 0.3 is 0 Å². The maximum atomic E-state index is 10.1. The van der Waals surface area contributed by atoms with E-state index in [1.54, 1.807) is 6.33 Å². The number of rotatable bonds is 3. The average Bonchev–Trinajstić information content (AvgIpc) is 2.89. The maximum Gasteiger partial charge on any atom is 0.226 e. The molecule has 1 aliphatic heterocycles. The number of aromatic amines is 1. The van der Waals surface area contributed by atoms with Crippen molar-refractivity contribution in [2.45, 2.75) is 26.4 Å². The summed E-state index contributed by atoms with van der Waals surface area (Å²) in [5.41, 5.74) is 1.48. The molecule has 3 N–H and O–H groups in total. The molecule has 3 heterocycles. The largest absolute Gasteiger partial charge is 0.391 e. The summed E-state index contributed by atoms with van der Waals surface area (Å²) in [6, 6.07) is 0. The molecule has 0 bridgehead atoms. The van der Waals surface area contributed by atoms with Crippen molar-refractivity contribution in [1.82, 2.24) is 19.9 Å². The smallest absolute Gasteiger partial charge is 0.226 e. The Morgan fingerprint density at radius 3 is 3.10 bits per heavy atom. The lowest BCUT2D eigenvalue weighted by Gasteiger charge is -2.35. The van der Waals surface area contributed by atoms with Crippen molar-refractivity contribution in [3.8, 4) is 0 Å². The minimum atomic E-state index is -0.320. The van der Waals surface area contributed by atoms with Crippen LogP contribution in [-0.4, -0.2) is 50.8 Å². The highest BCUT2D eigenvalue weighted by Gasteiger charge is 2.27. The van der Waals surface area contributed by atoms with E-state index in [1.807, 2.05) is 6.92 Å². The highest BCUT2D eigenvalue weighted by atomic mass is 16.3. The number of H-pyrrole nitrogens is 1. The molecular formula is C13H20N6O. The van der Waals surface area contributed by atoms with Crippen LogP contribution >= 0.6 is 0 Å². The Kier molecular flexibility index (Phi) is 3.43. The molecule has 0 amide bonds. The molecule has 0 saturated carbocycles. The summed E-state index contributed by atoms with van der Waals surface area (Å²) >= 11 is 0. The van der Waals surface area contributed by atoms with Crippen LogP contribution in [-0.2, 0) is 0 Å². The van der Waals surface area contributed by atoms with Crippen LogP contribution in [0.1, 0.15) is 20.3 Å². The first-order valence-electron chi connectivity index (χ1n) is 7.07. The fraction of sp³-hybridized carbons (Fsp3) is 0.615. The zero-order valence-corrected chi connectivity index (χ0v) is 11.8. The van der Waals surface area contributed by atoms with Crippen LogP contribution in [0.4, 0.5) is 11.8 Å². The van der Waals surface area contributed by atoms with Crippen LogP contribution in [0.3, 0.4) is 0 Å². The van der Waals surface area contributed by atoms with Crippen molar-refractivity contribution >= 4 is 22.9 Å². The number of anilines is 2. The lowest BCUT2D eigenvalue weighted by atomic mass is 9.96. The summed E-state index contributed by atoms with van der Waals surface area (Å²) in [7, 11) is 0. The topological polar surface area (TPSA) is 90.0 Å². The molecule has 0 spiro atoms. The molecule has 0 aliphatic carbocycles. The van der Waals surface area contributed by atoms with Crippen molar-refractivity contribution < 1.29 is 5.11 Å². The van der Waals surface area contributed by atoms with Crippen molar-refractivity contribution in [3.05, 3.63) is 6.33 Å². The van der Waals surface area contributed by atoms with E-state index in [2.05, 4.69) is 37.1 Å². The Labute approximate surface area is 117 Å². The van der Waals surface area contributed by atoms with Crippen molar-refractivity contribution in [2.24, 2.45) is 5.92 Å². The summed E-state index contributed by atoms with van der Waals surface area (Å²) in [6.45, 7) is 6.32. The number of aliphatic hydroxyl groups is 1. The molecule has 7 heteroatoms. The van der Waals surface area contributed by atoms with Gasteiger partial charge in [-0.3, -0.25) is 0 Å². The molecule has 7 nitrogen and oxygen atoms in total. The molecule has 20 heavy (non-hydrogen) atoms. The van der Waals surface area contributed by atoms with Gasteiger partial charge in [-0.2, -0.15) is 9.97 Å². The van der Waals surface area contributed by atoms with Crippen LogP contribution in [0.2, 0.25) is 0 Å². The van der Waals surface area contributed by atoms with Crippen LogP contribution in [0, 0.1) is 5.92 Å². The Hall–Kier alpha value is -1.89. The molecule has 1 aliphatic rings. The number of aliphatic hydroxyl groups excluding tert-OH is 1. The third kappa shape index (κ3) is 2.29. The molecule has 2 atom stereocenters. The summed E-state index contributed by atoms with van der Waals surface area (Å²) < 4.78 is 0. The third-order valence-corrected chi connectivity index (χ3v) is 3.82. The molecule has 2 aromatic heterocycles. The summed E-state index contributed by atoms with van der Waals surface area (Å²) in [4.78, 5) is 18.3. The van der Waals surface area contributed by atoms with Crippen molar-refractivity contribution in [1.29, 1.82) is 0 Å². The van der Waals surface area contributed by atoms with Gasteiger partial charge in [-0.15, -0.1) is 0 Å². The van der Waals surface area contributed by atoms with Crippen LogP contribution in [0.5, 0.6) is 0 Å². The Balaban J connectivity index is 1.98. The lowest BCUT2D eigenvalue weighted by Crippen LogP contribution is -2.43. The van der Waals surface area contributed by atoms with E-state index in [1.165, 1.54) is 0 Å². The SMILES string of the molecule is CCNc1nc(N2CCC(C)C(O)C2)c2[nH]cnc2n1. The number of nitrogens with one attached hydrogen (secondary N) is 2. The van der Waals surface area contributed by atoms with Crippen LogP contribution < -0.4 is 10.2 Å². The van der Waals surface area contributed by atoms with Gasteiger partial charge in [0.2, 0.25) is 5.95 Å². The molecule has 1 saturated heterocycles. The van der Waals surface area contributed by atoms with E-state index in [0.717, 1.165) is 30.8 Å². The zero-order chi connectivity index (χ0) is 14.1. The van der Waals surface area contributed by atoms with Gasteiger partial charge in [0.15, 0.2) is 11.5 Å². The summed E-state index contributed by atoms with van der Waals surface area (Å²) in [6.07, 6.45) is 2.26. The first kappa shape index (κ1) is 13.1. The Morgan fingerprint density at radius 2 is 2.35 bits per heavy atom. The van der Waals surface area contributed by atoms with Gasteiger partial charge in [-0.05, 0) is 19.3 Å². The monoisotopic (exact) mass is 276 g/mol. The molecular weight excluding hydrogens is 256 g/mol. The van der Waals surface area contributed by atoms with E-state index in [-0.39, 0.29) is 6.10 Å². The van der Waals surface area contributed by atoms with Crippen LogP contribution in [0.25, 0.3) is 11.2 Å². The average molecular weight is 276 g/mol. The second-order valence-electron chi connectivity index (χ2n) is 5.28. The third-order valence-electron chi connectivity index (χ3n) is 3.82. The highest BCUT2D eigenvalue weighted by molar-refractivity contribution is 5.84. The standard InChI is InChI=1S/C13H20N6O/c1-3-14-13-17-11-10(15-7-16-11)12(18-13)19-5-4-8(2)9(20)6-19/h7-9,20H,3-6H2,1-2H3,(H2,14,15,16,17,18). The summed E-state index contributed by atoms with van der Waals surface area (Å²) in [5.74, 6) is 1.73. The molecule has 1 fully saturated rings. The van der Waals surface area contributed by atoms with E-state index in [0.29, 0.717) is 24.1 Å². The van der Waals surface area contributed by atoms with Gasteiger partial charge in [-0.1, -0.05) is 6.92 Å². The second kappa shape index (κ2) is 5.24. The van der Waals surface area contributed by atoms with Gasteiger partial charge in [0.25, 0.3) is 0 Å². The summed E-state index contributed by atoms with van der Waals surface area (Å²) in [5, 5.41) is 13.2. The Morgan fingerprint density at radius 1 is 1.50 bits per heavy atom. The molecule has 0 aromatic carbocycles. The molecule has 0 radical (unpaired) electrons. The van der Waals surface area contributed by atoms with Gasteiger partial charge in [0.05, 0.1) is 12.4 Å². The number of β-amino-alcohol motifs (C(OH)–C–C–N with tert-alkyl or cyclic N) is 1. The molecule has 108 valence electrons. The number of nitrogens with zero attached hydrogens (tertiary/aromatic N) is 4. The van der Waals surface area contributed by atoms with Crippen LogP contribution in [0.15, 0.2) is 6.33 Å². The number of piperidine rings is 1. The fourth-order valence-corrected chi connectivity index (χ4v) is 2.53. The minimum Gasteiger partial charge on any atom is -0.391 e. The second-order valence-corrected chi connectivity index (χ2v) is 5.28. The first-order chi connectivity index (χ1) is 9.69. The van der Waals surface area contributed by atoms with Crippen molar-refractivity contribution in [2.75, 3.05) is 29.9 Å². The molecule has 2 aromatic rings. The predicted molar refractivity (Wildman–Crippen MR) is 77.8 cm³/mol. The predicted octanol–water partition coefficient (Wildman–Crippen LogP) is 0.992. The number of aromatic nitrogens is 4. The normalized spacial score (nSPS) is 23.2. The fourth-order valence-electron chi connectivity index (χ4n) is 2.53. The van der Waals surface area contributed by atoms with E-state index >= 15 is 0 Å². The molecule has 2 unspecified atom stereocenters. The molecule has 3 rings (SSSR count). The van der Waals surface area contributed by atoms with Gasteiger partial charge in [0, 0.05) is 19.6 Å². The zero-order valence-electron chi connectivity index (χ0n) is 11.8. The van der Waals surface area contributed by atoms with Gasteiger partial charge in [-0.25, -0.2) is 4.98 Å². The number of hydrogen-bond donors (Lipinski definition) is 3. The maximum absolute atomic E-state index is 10.1. The van der Waals surface area contributed by atoms with E-state index in [9.17, 15) is 5.11 Å². The number of hydrogen-bond acceptors (Lipinski definition) is 6. The number of fused-ring (bicyclic) bond motifs is 1. The van der Waals surface area contributed by atoms with E-state index < -0.39 is 0 Å². The number of imidazole rings is 1. The minimum absolute atomic E-state index is 0.320. The quantitative estimate of drug-likeness (QED) is 0.774. The first-order valence-corrected chi connectivity index (χ1v) is 7.07.